The first-order chi connectivity index (χ1) is 14.6. The topological polar surface area (TPSA) is 82.3 Å². The summed E-state index contributed by atoms with van der Waals surface area (Å²) in [4.78, 5) is 6.82. The number of methoxy groups -OCH3 is 1. The van der Waals surface area contributed by atoms with Crippen LogP contribution in [0.4, 0.5) is 4.39 Å². The van der Waals surface area contributed by atoms with Crippen LogP contribution in [-0.4, -0.2) is 55.3 Å². The Morgan fingerprint density at radius 2 is 2.17 bits per heavy atom. The van der Waals surface area contributed by atoms with E-state index in [1.165, 1.54) is 7.11 Å². The normalized spacial score (nSPS) is 17.0. The zero-order valence-corrected chi connectivity index (χ0v) is 17.6. The van der Waals surface area contributed by atoms with Crippen molar-refractivity contribution in [3.8, 4) is 5.75 Å². The second-order valence-electron chi connectivity index (χ2n) is 7.41. The van der Waals surface area contributed by atoms with Gasteiger partial charge in [-0.15, -0.1) is 0 Å². The molecule has 1 aromatic carbocycles. The number of likely N-dealkylation sites (tertiary alicyclic amines) is 1. The van der Waals surface area contributed by atoms with E-state index in [-0.39, 0.29) is 18.1 Å². The molecule has 0 bridgehead atoms. The molecule has 30 heavy (non-hydrogen) atoms. The van der Waals surface area contributed by atoms with E-state index in [4.69, 9.17) is 9.15 Å². The maximum atomic E-state index is 13.9. The summed E-state index contributed by atoms with van der Waals surface area (Å²) in [5.74, 6) is 1.15. The molecule has 0 saturated carbocycles. The second kappa shape index (κ2) is 11.0. The number of aliphatic hydroxyl groups is 1. The Morgan fingerprint density at radius 3 is 2.80 bits per heavy atom. The molecule has 1 fully saturated rings. The molecule has 0 aliphatic carbocycles. The highest BCUT2D eigenvalue weighted by molar-refractivity contribution is 5.80. The van der Waals surface area contributed by atoms with Gasteiger partial charge in [-0.2, -0.15) is 0 Å². The van der Waals surface area contributed by atoms with Gasteiger partial charge in [0.15, 0.2) is 17.5 Å². The Labute approximate surface area is 176 Å². The lowest BCUT2D eigenvalue weighted by atomic mass is 10.0. The van der Waals surface area contributed by atoms with Crippen molar-refractivity contribution in [1.82, 2.24) is 15.5 Å². The Kier molecular flexibility index (Phi) is 8.10. The second-order valence-corrected chi connectivity index (χ2v) is 7.41. The molecule has 2 aromatic rings. The number of piperidine rings is 1. The summed E-state index contributed by atoms with van der Waals surface area (Å²) in [6.45, 7) is 5.53. The summed E-state index contributed by atoms with van der Waals surface area (Å²) >= 11 is 0. The number of aliphatic hydroxyl groups excluding tert-OH is 1. The number of aliphatic imine (C=N–C) groups is 1. The number of ether oxygens (including phenoxy) is 1. The van der Waals surface area contributed by atoms with E-state index < -0.39 is 6.10 Å². The van der Waals surface area contributed by atoms with Crippen LogP contribution in [0.15, 0.2) is 46.0 Å². The molecule has 1 aromatic heterocycles. The lowest BCUT2D eigenvalue weighted by molar-refractivity contribution is 0.158. The number of nitrogens with zero attached hydrogens (tertiary/aromatic N) is 2. The van der Waals surface area contributed by atoms with Gasteiger partial charge in [0.05, 0.1) is 19.9 Å². The minimum Gasteiger partial charge on any atom is -0.494 e. The van der Waals surface area contributed by atoms with Gasteiger partial charge in [0.25, 0.3) is 0 Å². The van der Waals surface area contributed by atoms with Gasteiger partial charge in [-0.25, -0.2) is 4.39 Å². The molecule has 0 radical (unpaired) electrons. The minimum absolute atomic E-state index is 0.227. The van der Waals surface area contributed by atoms with E-state index in [9.17, 15) is 9.50 Å². The maximum Gasteiger partial charge on any atom is 0.191 e. The largest absolute Gasteiger partial charge is 0.494 e. The van der Waals surface area contributed by atoms with E-state index in [0.29, 0.717) is 17.8 Å². The first kappa shape index (κ1) is 22.1. The zero-order chi connectivity index (χ0) is 21.3. The van der Waals surface area contributed by atoms with Gasteiger partial charge in [-0.3, -0.25) is 9.89 Å². The summed E-state index contributed by atoms with van der Waals surface area (Å²) in [6, 6.07) is 8.92. The summed E-state index contributed by atoms with van der Waals surface area (Å²) in [5.41, 5.74) is 0.946. The smallest absolute Gasteiger partial charge is 0.191 e. The highest BCUT2D eigenvalue weighted by Crippen LogP contribution is 2.20. The van der Waals surface area contributed by atoms with Crippen LogP contribution in [0, 0.1) is 5.82 Å². The van der Waals surface area contributed by atoms with Crippen molar-refractivity contribution >= 4 is 5.96 Å². The number of furan rings is 1. The van der Waals surface area contributed by atoms with Gasteiger partial charge in [0, 0.05) is 32.2 Å². The summed E-state index contributed by atoms with van der Waals surface area (Å²) in [5, 5.41) is 16.9. The van der Waals surface area contributed by atoms with Crippen LogP contribution in [0.25, 0.3) is 0 Å². The third-order valence-corrected chi connectivity index (χ3v) is 5.19. The van der Waals surface area contributed by atoms with Gasteiger partial charge in [0.2, 0.25) is 0 Å². The van der Waals surface area contributed by atoms with Crippen LogP contribution in [0.1, 0.15) is 37.2 Å². The summed E-state index contributed by atoms with van der Waals surface area (Å²) in [6.07, 6.45) is 2.70. The number of halogens is 1. The van der Waals surface area contributed by atoms with E-state index in [2.05, 4.69) is 20.5 Å². The molecule has 1 atom stereocenters. The van der Waals surface area contributed by atoms with Crippen molar-refractivity contribution in [2.45, 2.75) is 38.5 Å². The number of rotatable bonds is 8. The molecule has 1 aliphatic heterocycles. The average molecular weight is 419 g/mol. The highest BCUT2D eigenvalue weighted by atomic mass is 19.1. The lowest BCUT2D eigenvalue weighted by Gasteiger charge is -2.33. The molecule has 8 heteroatoms. The van der Waals surface area contributed by atoms with Crippen molar-refractivity contribution in [2.24, 2.45) is 4.99 Å². The fraction of sp³-hybridized carbons (Fsp3) is 0.500. The molecule has 3 rings (SSSR count). The van der Waals surface area contributed by atoms with Crippen molar-refractivity contribution < 1.29 is 18.7 Å². The molecular formula is C22H31FN4O3. The van der Waals surface area contributed by atoms with Crippen molar-refractivity contribution in [1.29, 1.82) is 0 Å². The molecule has 2 heterocycles. The molecule has 0 spiro atoms. The minimum atomic E-state index is -0.762. The van der Waals surface area contributed by atoms with Crippen molar-refractivity contribution in [3.05, 3.63) is 53.7 Å². The van der Waals surface area contributed by atoms with Crippen LogP contribution in [0.3, 0.4) is 0 Å². The summed E-state index contributed by atoms with van der Waals surface area (Å²) in [7, 11) is 1.47. The Morgan fingerprint density at radius 1 is 1.37 bits per heavy atom. The number of hydrogen-bond acceptors (Lipinski definition) is 5. The van der Waals surface area contributed by atoms with Crippen molar-refractivity contribution in [3.63, 3.8) is 0 Å². The fourth-order valence-electron chi connectivity index (χ4n) is 3.56. The fourth-order valence-corrected chi connectivity index (χ4v) is 3.56. The van der Waals surface area contributed by atoms with E-state index in [1.54, 1.807) is 30.5 Å². The van der Waals surface area contributed by atoms with Gasteiger partial charge in [-0.1, -0.05) is 6.07 Å². The third kappa shape index (κ3) is 6.21. The van der Waals surface area contributed by atoms with Crippen LogP contribution >= 0.6 is 0 Å². The number of benzene rings is 1. The van der Waals surface area contributed by atoms with E-state index in [1.807, 2.05) is 13.0 Å². The van der Waals surface area contributed by atoms with Gasteiger partial charge < -0.3 is 24.9 Å². The molecule has 3 N–H and O–H groups in total. The molecule has 1 saturated heterocycles. The molecule has 7 nitrogen and oxygen atoms in total. The molecule has 1 aliphatic rings. The number of hydrogen-bond donors (Lipinski definition) is 3. The van der Waals surface area contributed by atoms with Crippen LogP contribution in [-0.2, 0) is 6.54 Å². The van der Waals surface area contributed by atoms with Crippen LogP contribution in [0.5, 0.6) is 5.75 Å². The first-order valence-corrected chi connectivity index (χ1v) is 10.4. The average Bonchev–Trinajstić information content (AvgIpc) is 3.28. The van der Waals surface area contributed by atoms with Gasteiger partial charge >= 0.3 is 0 Å². The number of guanidine groups is 1. The Hall–Kier alpha value is -2.58. The lowest BCUT2D eigenvalue weighted by Crippen LogP contribution is -2.48. The SMILES string of the molecule is CCNC(=NCC(O)c1ccco1)NC1CCN(Cc2ccc(OC)c(F)c2)CC1. The predicted molar refractivity (Wildman–Crippen MR) is 114 cm³/mol. The van der Waals surface area contributed by atoms with Crippen LogP contribution < -0.4 is 15.4 Å². The Balaban J connectivity index is 1.48. The third-order valence-electron chi connectivity index (χ3n) is 5.19. The molecule has 1 unspecified atom stereocenters. The standard InChI is InChI=1S/C22H31FN4O3/c1-3-24-22(25-14-19(28)21-5-4-12-30-21)26-17-8-10-27(11-9-17)15-16-6-7-20(29-2)18(23)13-16/h4-7,12-13,17,19,28H,3,8-11,14-15H2,1-2H3,(H2,24,25,26). The molecule has 0 amide bonds. The maximum absolute atomic E-state index is 13.9. The summed E-state index contributed by atoms with van der Waals surface area (Å²) < 4.78 is 24.1. The Bertz CT molecular complexity index is 805. The van der Waals surface area contributed by atoms with E-state index >= 15 is 0 Å². The highest BCUT2D eigenvalue weighted by Gasteiger charge is 2.21. The van der Waals surface area contributed by atoms with Crippen LogP contribution in [0.2, 0.25) is 0 Å². The van der Waals surface area contributed by atoms with Gasteiger partial charge in [0.1, 0.15) is 11.9 Å². The van der Waals surface area contributed by atoms with Crippen molar-refractivity contribution in [2.75, 3.05) is 33.3 Å². The molecular weight excluding hydrogens is 387 g/mol. The number of nitrogens with one attached hydrogen (secondary N) is 2. The first-order valence-electron chi connectivity index (χ1n) is 10.4. The monoisotopic (exact) mass is 418 g/mol. The quantitative estimate of drug-likeness (QED) is 0.452. The predicted octanol–water partition coefficient (Wildman–Crippen LogP) is 2.68. The zero-order valence-electron chi connectivity index (χ0n) is 17.6. The van der Waals surface area contributed by atoms with E-state index in [0.717, 1.165) is 44.6 Å². The molecule has 164 valence electrons. The van der Waals surface area contributed by atoms with Gasteiger partial charge in [-0.05, 0) is 49.6 Å².